The zero-order valence-electron chi connectivity index (χ0n) is 18.9. The first-order chi connectivity index (χ1) is 15.6. The lowest BCUT2D eigenvalue weighted by molar-refractivity contribution is 0.0952. The fourth-order valence-electron chi connectivity index (χ4n) is 4.60. The fourth-order valence-corrected chi connectivity index (χ4v) is 4.73. The highest BCUT2D eigenvalue weighted by Gasteiger charge is 2.38. The van der Waals surface area contributed by atoms with Crippen LogP contribution in [0.1, 0.15) is 54.4 Å². The second-order valence-corrected chi connectivity index (χ2v) is 9.42. The molecule has 1 saturated carbocycles. The van der Waals surface area contributed by atoms with Gasteiger partial charge in [0.1, 0.15) is 0 Å². The van der Waals surface area contributed by atoms with Gasteiger partial charge in [-0.05, 0) is 91.2 Å². The van der Waals surface area contributed by atoms with E-state index < -0.39 is 0 Å². The van der Waals surface area contributed by atoms with E-state index in [1.165, 1.54) is 24.9 Å². The number of carbonyl (C=O) groups is 1. The molecule has 1 fully saturated rings. The lowest BCUT2D eigenvalue weighted by Crippen LogP contribution is -2.29. The molecule has 168 valence electrons. The monoisotopic (exact) mass is 448 g/mol. The van der Waals surface area contributed by atoms with Gasteiger partial charge in [-0.3, -0.25) is 4.79 Å². The molecule has 0 heterocycles. The summed E-state index contributed by atoms with van der Waals surface area (Å²) in [6.07, 6.45) is 4.57. The Morgan fingerprint density at radius 2 is 1.78 bits per heavy atom. The minimum Gasteiger partial charge on any atom is -0.352 e. The van der Waals surface area contributed by atoms with Crippen molar-refractivity contribution < 1.29 is 4.79 Å². The molecule has 2 unspecified atom stereocenters. The molecule has 0 aliphatic heterocycles. The third-order valence-electron chi connectivity index (χ3n) is 6.45. The van der Waals surface area contributed by atoms with Crippen LogP contribution in [0.2, 0.25) is 5.02 Å². The topological polar surface area (TPSA) is 32.3 Å². The number of unbranched alkanes of at least 4 members (excludes halogenated alkanes) is 1. The second kappa shape index (κ2) is 11.0. The Balaban J connectivity index is 1.18. The maximum absolute atomic E-state index is 12.5. The number of nitrogens with one attached hydrogen (secondary N) is 1. The van der Waals surface area contributed by atoms with Gasteiger partial charge in [0.05, 0.1) is 0 Å². The lowest BCUT2D eigenvalue weighted by atomic mass is 10.1. The van der Waals surface area contributed by atoms with Crippen LogP contribution in [0.5, 0.6) is 0 Å². The van der Waals surface area contributed by atoms with Crippen molar-refractivity contribution >= 4 is 28.3 Å². The van der Waals surface area contributed by atoms with E-state index in [1.54, 1.807) is 0 Å². The van der Waals surface area contributed by atoms with Crippen molar-refractivity contribution in [3.8, 4) is 0 Å². The summed E-state index contributed by atoms with van der Waals surface area (Å²) in [4.78, 5) is 15.1. The Kier molecular flexibility index (Phi) is 7.83. The largest absolute Gasteiger partial charge is 0.352 e. The number of hydrogen-bond donors (Lipinski definition) is 1. The number of nitrogens with zero attached hydrogens (tertiary/aromatic N) is 1. The standard InChI is InChI=1S/C28H33ClN2O/c1-2-16-31(20-25-19-27(25)22-11-13-26(29)14-12-22)17-6-5-15-30-28(32)24-10-9-21-7-3-4-8-23(21)18-24/h3-4,7-14,18,25,27H,2,5-6,15-17,19-20H2,1H3,(H,30,32). The van der Waals surface area contributed by atoms with Gasteiger partial charge in [0.15, 0.2) is 0 Å². The summed E-state index contributed by atoms with van der Waals surface area (Å²) in [7, 11) is 0. The molecule has 1 amide bonds. The molecule has 0 radical (unpaired) electrons. The SMILES string of the molecule is CCCN(CCCCNC(=O)c1ccc2ccccc2c1)CC1CC1c1ccc(Cl)cc1. The van der Waals surface area contributed by atoms with Crippen LogP contribution in [0.4, 0.5) is 0 Å². The van der Waals surface area contributed by atoms with Crippen LogP contribution in [0, 0.1) is 5.92 Å². The highest BCUT2D eigenvalue weighted by atomic mass is 35.5. The van der Waals surface area contributed by atoms with E-state index in [0.717, 1.165) is 59.8 Å². The van der Waals surface area contributed by atoms with E-state index in [4.69, 9.17) is 11.6 Å². The molecule has 3 nitrogen and oxygen atoms in total. The lowest BCUT2D eigenvalue weighted by Gasteiger charge is -2.22. The average molecular weight is 449 g/mol. The van der Waals surface area contributed by atoms with E-state index in [2.05, 4.69) is 35.3 Å². The van der Waals surface area contributed by atoms with Gasteiger partial charge in [-0.2, -0.15) is 0 Å². The van der Waals surface area contributed by atoms with E-state index in [0.29, 0.717) is 5.92 Å². The third-order valence-corrected chi connectivity index (χ3v) is 6.70. The predicted octanol–water partition coefficient (Wildman–Crippen LogP) is 6.52. The van der Waals surface area contributed by atoms with Gasteiger partial charge in [-0.15, -0.1) is 0 Å². The number of hydrogen-bond acceptors (Lipinski definition) is 2. The normalized spacial score (nSPS) is 17.6. The molecule has 0 aromatic heterocycles. The Labute approximate surface area is 196 Å². The summed E-state index contributed by atoms with van der Waals surface area (Å²) >= 11 is 6.02. The highest BCUT2D eigenvalue weighted by molar-refractivity contribution is 6.30. The number of fused-ring (bicyclic) bond motifs is 1. The fraction of sp³-hybridized carbons (Fsp3) is 0.393. The maximum Gasteiger partial charge on any atom is 0.251 e. The summed E-state index contributed by atoms with van der Waals surface area (Å²) in [5, 5.41) is 6.16. The molecule has 3 aromatic carbocycles. The smallest absolute Gasteiger partial charge is 0.251 e. The van der Waals surface area contributed by atoms with Crippen LogP contribution < -0.4 is 5.32 Å². The Morgan fingerprint density at radius 1 is 1.00 bits per heavy atom. The van der Waals surface area contributed by atoms with Gasteiger partial charge in [-0.25, -0.2) is 0 Å². The van der Waals surface area contributed by atoms with Crippen LogP contribution in [-0.2, 0) is 0 Å². The average Bonchev–Trinajstić information content (AvgIpc) is 3.58. The van der Waals surface area contributed by atoms with Gasteiger partial charge in [0.2, 0.25) is 0 Å². The summed E-state index contributed by atoms with van der Waals surface area (Å²) in [6.45, 7) is 6.39. The number of benzene rings is 3. The van der Waals surface area contributed by atoms with Crippen molar-refractivity contribution in [1.82, 2.24) is 10.2 Å². The molecule has 32 heavy (non-hydrogen) atoms. The number of halogens is 1. The van der Waals surface area contributed by atoms with Crippen molar-refractivity contribution in [3.05, 3.63) is 82.9 Å². The summed E-state index contributed by atoms with van der Waals surface area (Å²) in [5.41, 5.74) is 2.16. The molecule has 4 heteroatoms. The van der Waals surface area contributed by atoms with E-state index >= 15 is 0 Å². The third kappa shape index (κ3) is 6.11. The predicted molar refractivity (Wildman–Crippen MR) is 135 cm³/mol. The van der Waals surface area contributed by atoms with E-state index in [-0.39, 0.29) is 5.91 Å². The molecule has 1 aliphatic carbocycles. The van der Waals surface area contributed by atoms with E-state index in [9.17, 15) is 4.79 Å². The molecule has 1 N–H and O–H groups in total. The Hall–Kier alpha value is -2.36. The second-order valence-electron chi connectivity index (χ2n) is 8.98. The maximum atomic E-state index is 12.5. The van der Waals surface area contributed by atoms with Crippen molar-refractivity contribution in [1.29, 1.82) is 0 Å². The minimum absolute atomic E-state index is 0.0185. The van der Waals surface area contributed by atoms with Crippen molar-refractivity contribution in [2.24, 2.45) is 5.92 Å². The van der Waals surface area contributed by atoms with Crippen molar-refractivity contribution in [2.75, 3.05) is 26.2 Å². The zero-order valence-corrected chi connectivity index (χ0v) is 19.7. The van der Waals surface area contributed by atoms with Gasteiger partial charge in [0, 0.05) is 23.7 Å². The Bertz CT molecular complexity index is 1030. The van der Waals surface area contributed by atoms with Crippen LogP contribution in [-0.4, -0.2) is 37.0 Å². The van der Waals surface area contributed by atoms with Crippen molar-refractivity contribution in [3.63, 3.8) is 0 Å². The highest BCUT2D eigenvalue weighted by Crippen LogP contribution is 2.48. The Morgan fingerprint density at radius 3 is 2.56 bits per heavy atom. The van der Waals surface area contributed by atoms with Crippen LogP contribution >= 0.6 is 11.6 Å². The van der Waals surface area contributed by atoms with Gasteiger partial charge in [0.25, 0.3) is 5.91 Å². The first-order valence-corrected chi connectivity index (χ1v) is 12.3. The minimum atomic E-state index is 0.0185. The molecule has 3 aromatic rings. The molecule has 0 bridgehead atoms. The molecule has 1 aliphatic rings. The summed E-state index contributed by atoms with van der Waals surface area (Å²) < 4.78 is 0. The molecule has 4 rings (SSSR count). The first kappa shape index (κ1) is 22.8. The van der Waals surface area contributed by atoms with Gasteiger partial charge in [-0.1, -0.05) is 61.0 Å². The van der Waals surface area contributed by atoms with E-state index in [1.807, 2.05) is 48.5 Å². The molecule has 0 spiro atoms. The van der Waals surface area contributed by atoms with Crippen LogP contribution in [0.25, 0.3) is 10.8 Å². The summed E-state index contributed by atoms with van der Waals surface area (Å²) in [5.74, 6) is 1.47. The molecular formula is C28H33ClN2O. The van der Waals surface area contributed by atoms with Crippen LogP contribution in [0.3, 0.4) is 0 Å². The molecular weight excluding hydrogens is 416 g/mol. The van der Waals surface area contributed by atoms with Crippen molar-refractivity contribution in [2.45, 2.75) is 38.5 Å². The van der Waals surface area contributed by atoms with Crippen LogP contribution in [0.15, 0.2) is 66.7 Å². The number of rotatable bonds is 11. The number of carbonyl (C=O) groups excluding carboxylic acids is 1. The quantitative estimate of drug-likeness (QED) is 0.338. The molecule has 2 atom stereocenters. The van der Waals surface area contributed by atoms with Gasteiger partial charge < -0.3 is 10.2 Å². The zero-order chi connectivity index (χ0) is 22.3. The number of amides is 1. The van der Waals surface area contributed by atoms with Gasteiger partial charge >= 0.3 is 0 Å². The summed E-state index contributed by atoms with van der Waals surface area (Å²) in [6, 6.07) is 22.4. The first-order valence-electron chi connectivity index (χ1n) is 11.9. The molecule has 0 saturated heterocycles.